The van der Waals surface area contributed by atoms with Gasteiger partial charge in [0, 0.05) is 30.6 Å². The molecule has 2 heterocycles. The molecule has 1 N–H and O–H groups in total. The highest BCUT2D eigenvalue weighted by atomic mass is 19.1. The summed E-state index contributed by atoms with van der Waals surface area (Å²) in [7, 11) is 0. The lowest BCUT2D eigenvalue weighted by molar-refractivity contribution is 0.629. The third kappa shape index (κ3) is 2.34. The van der Waals surface area contributed by atoms with Crippen molar-refractivity contribution in [2.75, 3.05) is 5.32 Å². The van der Waals surface area contributed by atoms with Crippen LogP contribution in [0.5, 0.6) is 0 Å². The maximum atomic E-state index is 13.7. The summed E-state index contributed by atoms with van der Waals surface area (Å²) in [6, 6.07) is 6.95. The number of aromatic nitrogens is 3. The summed E-state index contributed by atoms with van der Waals surface area (Å²) in [6.45, 7) is 4.31. The smallest absolute Gasteiger partial charge is 0.155 e. The Morgan fingerprint density at radius 1 is 1.30 bits per heavy atom. The van der Waals surface area contributed by atoms with Crippen molar-refractivity contribution in [1.29, 1.82) is 0 Å². The molecule has 0 unspecified atom stereocenters. The minimum atomic E-state index is -0.242. The molecule has 0 bridgehead atoms. The van der Waals surface area contributed by atoms with Crippen LogP contribution in [0.15, 0.2) is 36.7 Å². The summed E-state index contributed by atoms with van der Waals surface area (Å²) in [5.74, 6) is -0.242. The Hall–Kier alpha value is -2.43. The zero-order valence-corrected chi connectivity index (χ0v) is 11.4. The number of nitrogens with zero attached hydrogens (tertiary/aromatic N) is 3. The Labute approximate surface area is 116 Å². The highest BCUT2D eigenvalue weighted by molar-refractivity contribution is 5.52. The molecular weight excluding hydrogens is 255 g/mol. The third-order valence-corrected chi connectivity index (χ3v) is 3.18. The van der Waals surface area contributed by atoms with Crippen LogP contribution in [0, 0.1) is 19.7 Å². The molecule has 3 aromatic rings. The van der Waals surface area contributed by atoms with E-state index in [1.54, 1.807) is 16.8 Å². The van der Waals surface area contributed by atoms with Gasteiger partial charge in [-0.15, -0.1) is 0 Å². The van der Waals surface area contributed by atoms with E-state index in [0.29, 0.717) is 12.2 Å². The van der Waals surface area contributed by atoms with Crippen LogP contribution in [-0.4, -0.2) is 14.6 Å². The van der Waals surface area contributed by atoms with Crippen LogP contribution in [0.25, 0.3) is 5.65 Å². The number of fused-ring (bicyclic) bond motifs is 1. The Kier molecular flexibility index (Phi) is 3.10. The minimum absolute atomic E-state index is 0.242. The van der Waals surface area contributed by atoms with Gasteiger partial charge in [0.1, 0.15) is 5.82 Å². The van der Waals surface area contributed by atoms with E-state index in [-0.39, 0.29) is 5.82 Å². The van der Waals surface area contributed by atoms with E-state index in [1.807, 2.05) is 32.2 Å². The van der Waals surface area contributed by atoms with Crippen molar-refractivity contribution in [1.82, 2.24) is 14.6 Å². The maximum Gasteiger partial charge on any atom is 0.155 e. The summed E-state index contributed by atoms with van der Waals surface area (Å²) in [5.41, 5.74) is 4.10. The van der Waals surface area contributed by atoms with E-state index in [0.717, 1.165) is 22.5 Å². The van der Waals surface area contributed by atoms with E-state index in [9.17, 15) is 4.39 Å². The molecule has 0 saturated heterocycles. The summed E-state index contributed by atoms with van der Waals surface area (Å²) in [6.07, 6.45) is 3.68. The molecule has 0 aliphatic heterocycles. The lowest BCUT2D eigenvalue weighted by Crippen LogP contribution is -2.05. The first-order valence-corrected chi connectivity index (χ1v) is 6.43. The molecule has 102 valence electrons. The lowest BCUT2D eigenvalue weighted by Gasteiger charge is -2.10. The van der Waals surface area contributed by atoms with Gasteiger partial charge in [0.2, 0.25) is 0 Å². The molecule has 0 aliphatic carbocycles. The number of anilines is 1. The van der Waals surface area contributed by atoms with E-state index >= 15 is 0 Å². The third-order valence-electron chi connectivity index (χ3n) is 3.18. The molecule has 1 aromatic carbocycles. The Bertz CT molecular complexity index is 743. The molecule has 4 nitrogen and oxygen atoms in total. The predicted molar refractivity (Wildman–Crippen MR) is 76.2 cm³/mol. The monoisotopic (exact) mass is 270 g/mol. The zero-order valence-electron chi connectivity index (χ0n) is 11.4. The second-order valence-corrected chi connectivity index (χ2v) is 4.84. The van der Waals surface area contributed by atoms with Crippen molar-refractivity contribution >= 4 is 11.3 Å². The SMILES string of the molecule is Cc1cc2ncc(CNc3c(C)cccc3F)cn2n1. The number of nitrogens with one attached hydrogen (secondary N) is 1. The Balaban J connectivity index is 1.83. The van der Waals surface area contributed by atoms with Crippen molar-refractivity contribution in [2.24, 2.45) is 0 Å². The van der Waals surface area contributed by atoms with Gasteiger partial charge in [-0.25, -0.2) is 13.9 Å². The second kappa shape index (κ2) is 4.92. The number of hydrogen-bond acceptors (Lipinski definition) is 3. The summed E-state index contributed by atoms with van der Waals surface area (Å²) >= 11 is 0. The number of para-hydroxylation sites is 1. The molecule has 2 aromatic heterocycles. The fourth-order valence-electron chi connectivity index (χ4n) is 2.17. The first-order valence-electron chi connectivity index (χ1n) is 6.43. The van der Waals surface area contributed by atoms with Gasteiger partial charge < -0.3 is 5.32 Å². The largest absolute Gasteiger partial charge is 0.378 e. The van der Waals surface area contributed by atoms with Crippen LogP contribution >= 0.6 is 0 Å². The molecule has 0 spiro atoms. The van der Waals surface area contributed by atoms with Gasteiger partial charge in [-0.3, -0.25) is 0 Å². The molecule has 0 radical (unpaired) electrons. The second-order valence-electron chi connectivity index (χ2n) is 4.84. The predicted octanol–water partition coefficient (Wildman–Crippen LogP) is 3.10. The maximum absolute atomic E-state index is 13.7. The lowest BCUT2D eigenvalue weighted by atomic mass is 10.2. The molecule has 5 heteroatoms. The molecule has 3 rings (SSSR count). The average Bonchev–Trinajstić information content (AvgIpc) is 2.77. The van der Waals surface area contributed by atoms with Gasteiger partial charge in [-0.05, 0) is 25.5 Å². The van der Waals surface area contributed by atoms with Crippen molar-refractivity contribution in [2.45, 2.75) is 20.4 Å². The van der Waals surface area contributed by atoms with Gasteiger partial charge in [-0.2, -0.15) is 5.10 Å². The highest BCUT2D eigenvalue weighted by Crippen LogP contribution is 2.19. The zero-order chi connectivity index (χ0) is 14.1. The Morgan fingerprint density at radius 2 is 2.15 bits per heavy atom. The molecule has 0 saturated carbocycles. The molecule has 0 aliphatic rings. The molecule has 0 amide bonds. The molecule has 0 atom stereocenters. The minimum Gasteiger partial charge on any atom is -0.378 e. The van der Waals surface area contributed by atoms with Gasteiger partial charge in [0.05, 0.1) is 11.4 Å². The first-order chi connectivity index (χ1) is 9.63. The van der Waals surface area contributed by atoms with Crippen molar-refractivity contribution in [3.63, 3.8) is 0 Å². The summed E-state index contributed by atoms with van der Waals surface area (Å²) in [5, 5.41) is 7.43. The standard InChI is InChI=1S/C15H15FN4/c1-10-4-3-5-13(16)15(10)18-8-12-7-17-14-6-11(2)19-20(14)9-12/h3-7,9,18H,8H2,1-2H3. The number of benzene rings is 1. The van der Waals surface area contributed by atoms with Crippen LogP contribution in [0.4, 0.5) is 10.1 Å². The molecule has 20 heavy (non-hydrogen) atoms. The fourth-order valence-corrected chi connectivity index (χ4v) is 2.17. The van der Waals surface area contributed by atoms with E-state index in [4.69, 9.17) is 0 Å². The quantitative estimate of drug-likeness (QED) is 0.795. The van der Waals surface area contributed by atoms with Crippen LogP contribution in [0.2, 0.25) is 0 Å². The number of rotatable bonds is 3. The van der Waals surface area contributed by atoms with Crippen molar-refractivity contribution < 1.29 is 4.39 Å². The first kappa shape index (κ1) is 12.6. The van der Waals surface area contributed by atoms with E-state index < -0.39 is 0 Å². The topological polar surface area (TPSA) is 42.2 Å². The van der Waals surface area contributed by atoms with Crippen LogP contribution in [-0.2, 0) is 6.54 Å². The van der Waals surface area contributed by atoms with Crippen molar-refractivity contribution in [3.8, 4) is 0 Å². The summed E-state index contributed by atoms with van der Waals surface area (Å²) < 4.78 is 15.5. The normalized spacial score (nSPS) is 10.9. The van der Waals surface area contributed by atoms with Gasteiger partial charge in [0.25, 0.3) is 0 Å². The average molecular weight is 270 g/mol. The summed E-state index contributed by atoms with van der Waals surface area (Å²) in [4.78, 5) is 4.33. The molecular formula is C15H15FN4. The number of aryl methyl sites for hydroxylation is 2. The highest BCUT2D eigenvalue weighted by Gasteiger charge is 2.05. The Morgan fingerprint density at radius 3 is 2.95 bits per heavy atom. The van der Waals surface area contributed by atoms with Crippen molar-refractivity contribution in [3.05, 3.63) is 59.3 Å². The van der Waals surface area contributed by atoms with Gasteiger partial charge in [0.15, 0.2) is 5.65 Å². The van der Waals surface area contributed by atoms with Crippen LogP contribution in [0.1, 0.15) is 16.8 Å². The number of halogens is 1. The van der Waals surface area contributed by atoms with E-state index in [2.05, 4.69) is 15.4 Å². The van der Waals surface area contributed by atoms with Crippen LogP contribution in [0.3, 0.4) is 0 Å². The fraction of sp³-hybridized carbons (Fsp3) is 0.200. The molecule has 0 fully saturated rings. The van der Waals surface area contributed by atoms with Gasteiger partial charge >= 0.3 is 0 Å². The van der Waals surface area contributed by atoms with Crippen LogP contribution < -0.4 is 5.32 Å². The van der Waals surface area contributed by atoms with E-state index in [1.165, 1.54) is 6.07 Å². The number of hydrogen-bond donors (Lipinski definition) is 1. The van der Waals surface area contributed by atoms with Gasteiger partial charge in [-0.1, -0.05) is 12.1 Å².